The number of aromatic nitrogens is 2. The fourth-order valence-corrected chi connectivity index (χ4v) is 2.77. The number of benzene rings is 2. The molecule has 1 aliphatic rings. The van der Waals surface area contributed by atoms with E-state index < -0.39 is 0 Å². The number of anilines is 2. The molecule has 130 valence electrons. The van der Waals surface area contributed by atoms with Crippen LogP contribution in [0.3, 0.4) is 0 Å². The summed E-state index contributed by atoms with van der Waals surface area (Å²) in [6.07, 6.45) is 5.47. The maximum Gasteiger partial charge on any atom is 0.224 e. The Balaban J connectivity index is 1.52. The molecule has 1 aliphatic heterocycles. The van der Waals surface area contributed by atoms with Gasteiger partial charge in [-0.25, -0.2) is 9.97 Å². The standard InChI is InChI=1S/C20H16ClN3O2/c21-20-22-13-17(18-7-4-12-25-18)19(24-20)23-14-8-10-16(11-9-14)26-15-5-2-1-3-6-15/h1-11,13,18H,12H2,(H,22,23,24). The first-order valence-corrected chi connectivity index (χ1v) is 8.56. The van der Waals surface area contributed by atoms with Crippen molar-refractivity contribution in [3.05, 3.63) is 83.8 Å². The minimum absolute atomic E-state index is 0.171. The minimum Gasteiger partial charge on any atom is -0.457 e. The summed E-state index contributed by atoms with van der Waals surface area (Å²) in [5.41, 5.74) is 1.70. The zero-order chi connectivity index (χ0) is 17.8. The van der Waals surface area contributed by atoms with Crippen LogP contribution < -0.4 is 10.1 Å². The Morgan fingerprint density at radius 3 is 2.54 bits per heavy atom. The summed E-state index contributed by atoms with van der Waals surface area (Å²) in [6.45, 7) is 0.582. The molecule has 1 atom stereocenters. The first-order chi connectivity index (χ1) is 12.8. The van der Waals surface area contributed by atoms with Crippen molar-refractivity contribution in [2.45, 2.75) is 6.10 Å². The van der Waals surface area contributed by atoms with Crippen LogP contribution in [0.4, 0.5) is 11.5 Å². The molecule has 1 unspecified atom stereocenters. The van der Waals surface area contributed by atoms with Gasteiger partial charge in [-0.15, -0.1) is 0 Å². The van der Waals surface area contributed by atoms with Crippen molar-refractivity contribution < 1.29 is 9.47 Å². The fraction of sp³-hybridized carbons (Fsp3) is 0.100. The average Bonchev–Trinajstić information content (AvgIpc) is 3.19. The fourth-order valence-electron chi connectivity index (χ4n) is 2.63. The molecule has 4 rings (SSSR count). The van der Waals surface area contributed by atoms with Gasteiger partial charge in [0.05, 0.1) is 6.61 Å². The highest BCUT2D eigenvalue weighted by molar-refractivity contribution is 6.28. The van der Waals surface area contributed by atoms with E-state index in [2.05, 4.69) is 15.3 Å². The van der Waals surface area contributed by atoms with Crippen molar-refractivity contribution in [2.24, 2.45) is 0 Å². The Morgan fingerprint density at radius 2 is 1.81 bits per heavy atom. The molecule has 0 radical (unpaired) electrons. The number of hydrogen-bond donors (Lipinski definition) is 1. The molecule has 3 aromatic rings. The maximum absolute atomic E-state index is 5.96. The first kappa shape index (κ1) is 16.6. The zero-order valence-electron chi connectivity index (χ0n) is 13.8. The van der Waals surface area contributed by atoms with E-state index in [9.17, 15) is 0 Å². The van der Waals surface area contributed by atoms with Crippen molar-refractivity contribution in [1.82, 2.24) is 9.97 Å². The molecule has 2 aromatic carbocycles. The van der Waals surface area contributed by atoms with Gasteiger partial charge in [0.1, 0.15) is 23.4 Å². The van der Waals surface area contributed by atoms with Crippen LogP contribution >= 0.6 is 11.6 Å². The lowest BCUT2D eigenvalue weighted by atomic mass is 10.1. The molecule has 1 aromatic heterocycles. The Kier molecular flexibility index (Phi) is 4.82. The van der Waals surface area contributed by atoms with Crippen LogP contribution in [0.1, 0.15) is 11.7 Å². The first-order valence-electron chi connectivity index (χ1n) is 8.18. The van der Waals surface area contributed by atoms with E-state index in [1.54, 1.807) is 6.20 Å². The molecule has 0 bridgehead atoms. The molecule has 1 N–H and O–H groups in total. The third-order valence-electron chi connectivity index (χ3n) is 3.87. The van der Waals surface area contributed by atoms with Gasteiger partial charge in [-0.05, 0) is 48.0 Å². The summed E-state index contributed by atoms with van der Waals surface area (Å²) < 4.78 is 11.5. The third-order valence-corrected chi connectivity index (χ3v) is 4.06. The van der Waals surface area contributed by atoms with Gasteiger partial charge in [0, 0.05) is 17.4 Å². The van der Waals surface area contributed by atoms with Crippen LogP contribution in [-0.4, -0.2) is 16.6 Å². The molecule has 0 saturated heterocycles. The Hall–Kier alpha value is -2.89. The van der Waals surface area contributed by atoms with E-state index in [-0.39, 0.29) is 11.4 Å². The number of nitrogens with zero attached hydrogens (tertiary/aromatic N) is 2. The summed E-state index contributed by atoms with van der Waals surface area (Å²) >= 11 is 5.96. The summed E-state index contributed by atoms with van der Waals surface area (Å²) in [7, 11) is 0. The van der Waals surface area contributed by atoms with Gasteiger partial charge in [0.2, 0.25) is 5.28 Å². The molecular weight excluding hydrogens is 350 g/mol. The highest BCUT2D eigenvalue weighted by Gasteiger charge is 2.18. The molecule has 0 fully saturated rings. The number of para-hydroxylation sites is 1. The Labute approximate surface area is 156 Å². The van der Waals surface area contributed by atoms with Crippen LogP contribution in [0.25, 0.3) is 0 Å². The van der Waals surface area contributed by atoms with Gasteiger partial charge in [-0.2, -0.15) is 0 Å². The van der Waals surface area contributed by atoms with Crippen molar-refractivity contribution in [3.8, 4) is 11.5 Å². The Bertz CT molecular complexity index is 914. The number of nitrogens with one attached hydrogen (secondary N) is 1. The monoisotopic (exact) mass is 365 g/mol. The average molecular weight is 366 g/mol. The van der Waals surface area contributed by atoms with E-state index >= 15 is 0 Å². The van der Waals surface area contributed by atoms with Crippen LogP contribution in [0.2, 0.25) is 5.28 Å². The SMILES string of the molecule is Clc1ncc(C2C=CCO2)c(Nc2ccc(Oc3ccccc3)cc2)n1. The second kappa shape index (κ2) is 7.56. The normalized spacial score (nSPS) is 15.8. The summed E-state index contributed by atoms with van der Waals surface area (Å²) in [4.78, 5) is 8.37. The maximum atomic E-state index is 5.96. The minimum atomic E-state index is -0.171. The van der Waals surface area contributed by atoms with Gasteiger partial charge in [-0.1, -0.05) is 30.4 Å². The predicted molar refractivity (Wildman–Crippen MR) is 101 cm³/mol. The van der Waals surface area contributed by atoms with E-state index in [1.807, 2.05) is 66.7 Å². The second-order valence-corrected chi connectivity index (χ2v) is 6.03. The van der Waals surface area contributed by atoms with Crippen molar-refractivity contribution in [3.63, 3.8) is 0 Å². The van der Waals surface area contributed by atoms with Gasteiger partial charge in [-0.3, -0.25) is 0 Å². The van der Waals surface area contributed by atoms with E-state index in [0.717, 1.165) is 22.7 Å². The van der Waals surface area contributed by atoms with Crippen molar-refractivity contribution >= 4 is 23.1 Å². The predicted octanol–water partition coefficient (Wildman–Crippen LogP) is 5.29. The van der Waals surface area contributed by atoms with Crippen LogP contribution in [0, 0.1) is 0 Å². The topological polar surface area (TPSA) is 56.3 Å². The summed E-state index contributed by atoms with van der Waals surface area (Å²) in [6, 6.07) is 17.3. The van der Waals surface area contributed by atoms with E-state index in [0.29, 0.717) is 12.4 Å². The zero-order valence-corrected chi connectivity index (χ0v) is 14.6. The highest BCUT2D eigenvalue weighted by Crippen LogP contribution is 2.31. The molecule has 26 heavy (non-hydrogen) atoms. The van der Waals surface area contributed by atoms with Crippen LogP contribution in [0.15, 0.2) is 72.9 Å². The molecule has 0 saturated carbocycles. The molecule has 5 nitrogen and oxygen atoms in total. The smallest absolute Gasteiger partial charge is 0.224 e. The molecule has 2 heterocycles. The summed E-state index contributed by atoms with van der Waals surface area (Å²) in [5.74, 6) is 2.17. The second-order valence-electron chi connectivity index (χ2n) is 5.69. The molecular formula is C20H16ClN3O2. The Morgan fingerprint density at radius 1 is 1.04 bits per heavy atom. The number of rotatable bonds is 5. The molecule has 6 heteroatoms. The lowest BCUT2D eigenvalue weighted by Crippen LogP contribution is -2.05. The summed E-state index contributed by atoms with van der Waals surface area (Å²) in [5, 5.41) is 3.46. The lowest BCUT2D eigenvalue weighted by molar-refractivity contribution is 0.129. The number of halogens is 1. The number of hydrogen-bond acceptors (Lipinski definition) is 5. The lowest BCUT2D eigenvalue weighted by Gasteiger charge is -2.15. The van der Waals surface area contributed by atoms with Crippen LogP contribution in [-0.2, 0) is 4.74 Å². The van der Waals surface area contributed by atoms with Gasteiger partial charge in [0.15, 0.2) is 0 Å². The van der Waals surface area contributed by atoms with Gasteiger partial charge >= 0.3 is 0 Å². The number of ether oxygens (including phenoxy) is 2. The largest absolute Gasteiger partial charge is 0.457 e. The molecule has 0 amide bonds. The van der Waals surface area contributed by atoms with E-state index in [1.165, 1.54) is 0 Å². The molecule has 0 spiro atoms. The van der Waals surface area contributed by atoms with E-state index in [4.69, 9.17) is 21.1 Å². The third kappa shape index (κ3) is 3.85. The quantitative estimate of drug-likeness (QED) is 0.491. The van der Waals surface area contributed by atoms with Crippen LogP contribution in [0.5, 0.6) is 11.5 Å². The van der Waals surface area contributed by atoms with Crippen molar-refractivity contribution in [1.29, 1.82) is 0 Å². The highest BCUT2D eigenvalue weighted by atomic mass is 35.5. The van der Waals surface area contributed by atoms with Gasteiger partial charge < -0.3 is 14.8 Å². The van der Waals surface area contributed by atoms with Crippen molar-refractivity contribution in [2.75, 3.05) is 11.9 Å². The van der Waals surface area contributed by atoms with Gasteiger partial charge in [0.25, 0.3) is 0 Å². The molecule has 0 aliphatic carbocycles.